The van der Waals surface area contributed by atoms with E-state index in [4.69, 9.17) is 4.74 Å². The van der Waals surface area contributed by atoms with Crippen LogP contribution in [0.3, 0.4) is 0 Å². The van der Waals surface area contributed by atoms with Crippen molar-refractivity contribution in [1.29, 1.82) is 0 Å². The number of esters is 1. The van der Waals surface area contributed by atoms with Gasteiger partial charge in [0, 0.05) is 11.9 Å². The molecule has 4 rings (SSSR count). The van der Waals surface area contributed by atoms with Gasteiger partial charge in [0.1, 0.15) is 24.2 Å². The number of amides is 3. The number of aromatic nitrogens is 1. The molecular weight excluding hydrogens is 570 g/mol. The molecule has 2 aromatic rings. The Morgan fingerprint density at radius 1 is 1.07 bits per heavy atom. The van der Waals surface area contributed by atoms with Crippen molar-refractivity contribution in [3.8, 4) is 0 Å². The van der Waals surface area contributed by atoms with Crippen molar-refractivity contribution in [1.82, 2.24) is 26.1 Å². The molecule has 3 amide bonds. The first kappa shape index (κ1) is 33.8. The quantitative estimate of drug-likeness (QED) is 0.221. The van der Waals surface area contributed by atoms with Crippen molar-refractivity contribution in [2.24, 2.45) is 17.8 Å². The number of hydrazine groups is 1. The standard InChI is InChI=1S/C35H47N5O5/c1-7-10-27(19-25-12-13-25)32(41)38-31(21(3)4)33(42)36-22(5)34(43)40-18-9-11-29(39-40)35(44)45-23(6)28-17-16-26-15-14-24(8-2)20-30(26)37-28/h7-8,10,14-17,20-23,25,27,29,31,39H,2,9,11-13,18-19H2,1,3-6H3,(H,36,42)(H,38,41). The molecule has 2 fully saturated rings. The third-order valence-electron chi connectivity index (χ3n) is 8.44. The average Bonchev–Trinajstić information content (AvgIpc) is 3.86. The Morgan fingerprint density at radius 3 is 2.47 bits per heavy atom. The van der Waals surface area contributed by atoms with Crippen LogP contribution in [0, 0.1) is 17.8 Å². The van der Waals surface area contributed by atoms with Gasteiger partial charge in [-0.25, -0.2) is 10.4 Å². The normalized spacial score (nSPS) is 19.5. The predicted molar refractivity (Wildman–Crippen MR) is 174 cm³/mol. The molecule has 5 atom stereocenters. The Balaban J connectivity index is 1.32. The summed E-state index contributed by atoms with van der Waals surface area (Å²) in [6.45, 7) is 13.2. The molecule has 1 saturated heterocycles. The highest BCUT2D eigenvalue weighted by Gasteiger charge is 2.35. The maximum Gasteiger partial charge on any atom is 0.325 e. The predicted octanol–water partition coefficient (Wildman–Crippen LogP) is 4.62. The van der Waals surface area contributed by atoms with E-state index in [2.05, 4.69) is 27.6 Å². The van der Waals surface area contributed by atoms with Gasteiger partial charge in [-0.05, 0) is 69.6 Å². The summed E-state index contributed by atoms with van der Waals surface area (Å²) < 4.78 is 5.76. The minimum absolute atomic E-state index is 0.179. The van der Waals surface area contributed by atoms with Gasteiger partial charge >= 0.3 is 5.97 Å². The molecule has 0 radical (unpaired) electrons. The minimum Gasteiger partial charge on any atom is -0.455 e. The summed E-state index contributed by atoms with van der Waals surface area (Å²) in [7, 11) is 0. The minimum atomic E-state index is -0.878. The fraction of sp³-hybridized carbons (Fsp3) is 0.514. The number of nitrogens with zero attached hydrogens (tertiary/aromatic N) is 2. The zero-order chi connectivity index (χ0) is 32.7. The number of hydrogen-bond acceptors (Lipinski definition) is 7. The van der Waals surface area contributed by atoms with Crippen LogP contribution in [0.2, 0.25) is 0 Å². The monoisotopic (exact) mass is 617 g/mol. The van der Waals surface area contributed by atoms with Crippen LogP contribution < -0.4 is 16.1 Å². The zero-order valence-corrected chi connectivity index (χ0v) is 27.0. The van der Waals surface area contributed by atoms with E-state index < -0.39 is 36.1 Å². The molecule has 10 nitrogen and oxygen atoms in total. The Bertz CT molecular complexity index is 1430. The molecule has 3 N–H and O–H groups in total. The Labute approximate surface area is 266 Å². The van der Waals surface area contributed by atoms with Gasteiger partial charge in [-0.1, -0.05) is 69.7 Å². The Morgan fingerprint density at radius 2 is 1.80 bits per heavy atom. The molecule has 45 heavy (non-hydrogen) atoms. The van der Waals surface area contributed by atoms with Crippen LogP contribution in [-0.4, -0.2) is 58.4 Å². The van der Waals surface area contributed by atoms with Gasteiger partial charge in [-0.3, -0.25) is 24.2 Å². The van der Waals surface area contributed by atoms with E-state index >= 15 is 0 Å². The lowest BCUT2D eigenvalue weighted by atomic mass is 9.97. The third kappa shape index (κ3) is 9.00. The third-order valence-corrected chi connectivity index (χ3v) is 8.44. The summed E-state index contributed by atoms with van der Waals surface area (Å²) >= 11 is 0. The van der Waals surface area contributed by atoms with Crippen molar-refractivity contribution in [2.75, 3.05) is 6.54 Å². The molecule has 5 unspecified atom stereocenters. The summed E-state index contributed by atoms with van der Waals surface area (Å²) in [5.74, 6) is -1.37. The van der Waals surface area contributed by atoms with Gasteiger partial charge in [-0.15, -0.1) is 0 Å². The summed E-state index contributed by atoms with van der Waals surface area (Å²) in [6.07, 6.45) is 9.04. The fourth-order valence-corrected chi connectivity index (χ4v) is 5.55. The molecule has 1 aromatic heterocycles. The van der Waals surface area contributed by atoms with Crippen LogP contribution in [0.4, 0.5) is 0 Å². The van der Waals surface area contributed by atoms with Crippen LogP contribution in [0.25, 0.3) is 17.0 Å². The average molecular weight is 618 g/mol. The highest BCUT2D eigenvalue weighted by atomic mass is 16.5. The number of rotatable bonds is 13. The maximum absolute atomic E-state index is 13.3. The van der Waals surface area contributed by atoms with E-state index in [1.54, 1.807) is 19.9 Å². The van der Waals surface area contributed by atoms with Gasteiger partial charge in [-0.2, -0.15) is 0 Å². The smallest absolute Gasteiger partial charge is 0.325 e. The first-order valence-electron chi connectivity index (χ1n) is 16.1. The number of allylic oxidation sites excluding steroid dienone is 1. The lowest BCUT2D eigenvalue weighted by Gasteiger charge is -2.35. The first-order chi connectivity index (χ1) is 21.5. The van der Waals surface area contributed by atoms with Crippen LogP contribution in [0.5, 0.6) is 0 Å². The van der Waals surface area contributed by atoms with Crippen molar-refractivity contribution < 1.29 is 23.9 Å². The van der Waals surface area contributed by atoms with Crippen molar-refractivity contribution in [3.05, 3.63) is 60.3 Å². The second-order valence-electron chi connectivity index (χ2n) is 12.6. The largest absolute Gasteiger partial charge is 0.455 e. The van der Waals surface area contributed by atoms with E-state index in [1.165, 1.54) is 5.01 Å². The number of hydrogen-bond donors (Lipinski definition) is 3. The highest BCUT2D eigenvalue weighted by molar-refractivity contribution is 5.93. The summed E-state index contributed by atoms with van der Waals surface area (Å²) in [4.78, 5) is 57.5. The molecule has 10 heteroatoms. The summed E-state index contributed by atoms with van der Waals surface area (Å²) in [5.41, 5.74) is 5.35. The van der Waals surface area contributed by atoms with Crippen molar-refractivity contribution >= 4 is 40.7 Å². The SMILES string of the molecule is C=Cc1ccc2ccc(C(C)OC(=O)C3CCCN(C(=O)C(C)NC(=O)C(NC(=O)C(C=CC)CC4CC4)C(C)C)N3)nc2c1. The molecule has 2 heterocycles. The summed E-state index contributed by atoms with van der Waals surface area (Å²) in [5, 5.41) is 8.03. The van der Waals surface area contributed by atoms with Gasteiger partial charge in [0.2, 0.25) is 11.8 Å². The summed E-state index contributed by atoms with van der Waals surface area (Å²) in [6, 6.07) is 7.25. The van der Waals surface area contributed by atoms with E-state index in [1.807, 2.05) is 63.3 Å². The van der Waals surface area contributed by atoms with Gasteiger partial charge < -0.3 is 15.4 Å². The van der Waals surface area contributed by atoms with Crippen molar-refractivity contribution in [3.63, 3.8) is 0 Å². The van der Waals surface area contributed by atoms with Crippen LogP contribution in [0.1, 0.15) is 84.1 Å². The van der Waals surface area contributed by atoms with Gasteiger partial charge in [0.25, 0.3) is 5.91 Å². The number of pyridine rings is 1. The number of carbonyl (C=O) groups excluding carboxylic acids is 4. The number of fused-ring (bicyclic) bond motifs is 1. The first-order valence-corrected chi connectivity index (χ1v) is 16.1. The number of nitrogens with one attached hydrogen (secondary N) is 3. The molecule has 1 aliphatic heterocycles. The second kappa shape index (κ2) is 15.3. The van der Waals surface area contributed by atoms with Crippen LogP contribution in [-0.2, 0) is 23.9 Å². The lowest BCUT2D eigenvalue weighted by Crippen LogP contribution is -2.61. The molecule has 2 aliphatic rings. The van der Waals surface area contributed by atoms with Gasteiger partial charge in [0.05, 0.1) is 17.1 Å². The molecule has 1 aliphatic carbocycles. The maximum atomic E-state index is 13.3. The molecule has 0 bridgehead atoms. The molecular formula is C35H47N5O5. The lowest BCUT2D eigenvalue weighted by molar-refractivity contribution is -0.157. The van der Waals surface area contributed by atoms with Crippen LogP contribution in [0.15, 0.2) is 49.1 Å². The van der Waals surface area contributed by atoms with E-state index in [0.29, 0.717) is 31.0 Å². The number of carbonyl (C=O) groups is 4. The highest BCUT2D eigenvalue weighted by Crippen LogP contribution is 2.36. The van der Waals surface area contributed by atoms with Gasteiger partial charge in [0.15, 0.2) is 0 Å². The molecule has 1 aromatic carbocycles. The van der Waals surface area contributed by atoms with Crippen LogP contribution >= 0.6 is 0 Å². The Kier molecular flexibility index (Phi) is 11.5. The fourth-order valence-electron chi connectivity index (χ4n) is 5.55. The molecule has 242 valence electrons. The Hall–Kier alpha value is -4.05. The molecule has 0 spiro atoms. The zero-order valence-electron chi connectivity index (χ0n) is 27.0. The number of benzene rings is 1. The number of ether oxygens (including phenoxy) is 1. The van der Waals surface area contributed by atoms with Crippen molar-refractivity contribution in [2.45, 2.75) is 91.0 Å². The topological polar surface area (TPSA) is 130 Å². The second-order valence-corrected chi connectivity index (χ2v) is 12.6. The van der Waals surface area contributed by atoms with E-state index in [0.717, 1.165) is 35.7 Å². The van der Waals surface area contributed by atoms with E-state index in [-0.39, 0.29) is 23.7 Å². The van der Waals surface area contributed by atoms with E-state index in [9.17, 15) is 19.2 Å². The molecule has 1 saturated carbocycles.